The highest BCUT2D eigenvalue weighted by Gasteiger charge is 2.20. The Morgan fingerprint density at radius 2 is 1.58 bits per heavy atom. The molecule has 3 N–H and O–H groups in total. The van der Waals surface area contributed by atoms with Gasteiger partial charge < -0.3 is 15.8 Å². The molecule has 0 saturated carbocycles. The molecule has 3 rings (SSSR count). The van der Waals surface area contributed by atoms with Gasteiger partial charge in [0.15, 0.2) is 5.78 Å². The molecule has 0 aliphatic heterocycles. The zero-order valence-corrected chi connectivity index (χ0v) is 18.6. The van der Waals surface area contributed by atoms with E-state index in [9.17, 15) is 9.59 Å². The normalized spacial score (nSPS) is 11.1. The van der Waals surface area contributed by atoms with Gasteiger partial charge in [0.1, 0.15) is 5.75 Å². The average molecular weight is 417 g/mol. The molecule has 0 radical (unpaired) electrons. The van der Waals surface area contributed by atoms with E-state index >= 15 is 0 Å². The summed E-state index contributed by atoms with van der Waals surface area (Å²) >= 11 is 0. The van der Waals surface area contributed by atoms with Crippen molar-refractivity contribution >= 4 is 23.1 Å². The van der Waals surface area contributed by atoms with Crippen LogP contribution in [0.2, 0.25) is 0 Å². The largest absolute Gasteiger partial charge is 0.496 e. The Morgan fingerprint density at radius 3 is 2.19 bits per heavy atom. The number of ketones is 1. The fraction of sp³-hybridized carbons (Fsp3) is 0.231. The third-order valence-electron chi connectivity index (χ3n) is 5.26. The molecule has 0 unspecified atom stereocenters. The van der Waals surface area contributed by atoms with Gasteiger partial charge in [-0.05, 0) is 53.8 Å². The third-order valence-corrected chi connectivity index (χ3v) is 5.26. The molecule has 0 atom stereocenters. The lowest BCUT2D eigenvalue weighted by atomic mass is 9.86. The predicted molar refractivity (Wildman–Crippen MR) is 125 cm³/mol. The molecule has 0 bridgehead atoms. The Bertz CT molecular complexity index is 1130. The number of carbonyl (C=O) groups is 2. The van der Waals surface area contributed by atoms with Crippen LogP contribution in [0.1, 0.15) is 58.2 Å². The number of hydrogen-bond acceptors (Lipinski definition) is 4. The van der Waals surface area contributed by atoms with E-state index in [2.05, 4.69) is 26.1 Å². The van der Waals surface area contributed by atoms with Crippen LogP contribution in [0.15, 0.2) is 60.7 Å². The number of methoxy groups -OCH3 is 1. The first-order chi connectivity index (χ1) is 14.6. The Balaban J connectivity index is 1.92. The van der Waals surface area contributed by atoms with Gasteiger partial charge in [-0.15, -0.1) is 0 Å². The van der Waals surface area contributed by atoms with Gasteiger partial charge >= 0.3 is 0 Å². The van der Waals surface area contributed by atoms with Crippen LogP contribution in [-0.4, -0.2) is 18.8 Å². The van der Waals surface area contributed by atoms with Crippen molar-refractivity contribution < 1.29 is 14.3 Å². The highest BCUT2D eigenvalue weighted by Crippen LogP contribution is 2.29. The van der Waals surface area contributed by atoms with E-state index in [1.165, 1.54) is 0 Å². The third kappa shape index (κ3) is 4.77. The van der Waals surface area contributed by atoms with Crippen LogP contribution < -0.4 is 15.8 Å². The molecular weight excluding hydrogens is 388 g/mol. The Morgan fingerprint density at radius 1 is 0.935 bits per heavy atom. The van der Waals surface area contributed by atoms with Crippen molar-refractivity contribution in [3.8, 4) is 5.75 Å². The maximum absolute atomic E-state index is 13.2. The van der Waals surface area contributed by atoms with Gasteiger partial charge in [0, 0.05) is 16.7 Å². The quantitative estimate of drug-likeness (QED) is 0.433. The summed E-state index contributed by atoms with van der Waals surface area (Å²) in [6.45, 7) is 8.25. The number of nitrogen functional groups attached to an aromatic ring is 1. The highest BCUT2D eigenvalue weighted by molar-refractivity contribution is 6.17. The number of hydrogen-bond donors (Lipinski definition) is 2. The van der Waals surface area contributed by atoms with Crippen LogP contribution >= 0.6 is 0 Å². The van der Waals surface area contributed by atoms with Crippen molar-refractivity contribution in [1.29, 1.82) is 0 Å². The molecule has 31 heavy (non-hydrogen) atoms. The van der Waals surface area contributed by atoms with E-state index in [0.717, 1.165) is 11.1 Å². The van der Waals surface area contributed by atoms with E-state index in [-0.39, 0.29) is 17.1 Å². The molecule has 0 aliphatic carbocycles. The first-order valence-electron chi connectivity index (χ1n) is 10.1. The minimum absolute atomic E-state index is 0.00640. The number of para-hydroxylation sites is 1. The van der Waals surface area contributed by atoms with E-state index in [1.807, 2.05) is 25.1 Å². The second kappa shape index (κ2) is 8.64. The predicted octanol–water partition coefficient (Wildman–Crippen LogP) is 5.37. The summed E-state index contributed by atoms with van der Waals surface area (Å²) in [6.07, 6.45) is 0. The van der Waals surface area contributed by atoms with E-state index in [1.54, 1.807) is 49.6 Å². The Hall–Kier alpha value is -3.60. The van der Waals surface area contributed by atoms with Crippen molar-refractivity contribution in [3.63, 3.8) is 0 Å². The molecule has 0 fully saturated rings. The summed E-state index contributed by atoms with van der Waals surface area (Å²) in [5, 5.41) is 2.83. The zero-order valence-electron chi connectivity index (χ0n) is 18.6. The van der Waals surface area contributed by atoms with Crippen LogP contribution in [0.5, 0.6) is 5.75 Å². The Labute approximate surface area is 183 Å². The summed E-state index contributed by atoms with van der Waals surface area (Å²) in [7, 11) is 1.56. The van der Waals surface area contributed by atoms with Gasteiger partial charge in [-0.2, -0.15) is 0 Å². The monoisotopic (exact) mass is 416 g/mol. The smallest absolute Gasteiger partial charge is 0.255 e. The number of benzene rings is 3. The molecule has 5 nitrogen and oxygen atoms in total. The number of rotatable bonds is 5. The van der Waals surface area contributed by atoms with Gasteiger partial charge in [0.05, 0.1) is 18.5 Å². The van der Waals surface area contributed by atoms with Crippen molar-refractivity contribution in [2.45, 2.75) is 33.1 Å². The molecular formula is C26H28N2O3. The first kappa shape index (κ1) is 22.1. The van der Waals surface area contributed by atoms with Crippen molar-refractivity contribution in [2.75, 3.05) is 18.2 Å². The number of anilines is 2. The van der Waals surface area contributed by atoms with Gasteiger partial charge in [-0.25, -0.2) is 0 Å². The van der Waals surface area contributed by atoms with Crippen LogP contribution in [0.25, 0.3) is 0 Å². The van der Waals surface area contributed by atoms with Crippen molar-refractivity contribution in [3.05, 3.63) is 88.5 Å². The average Bonchev–Trinajstić information content (AvgIpc) is 2.74. The molecule has 0 heterocycles. The lowest BCUT2D eigenvalue weighted by Gasteiger charge is -2.19. The number of nitrogens with two attached hydrogens (primary N) is 1. The number of amides is 1. The number of ether oxygens (including phenoxy) is 1. The molecule has 3 aromatic rings. The van der Waals surface area contributed by atoms with E-state index < -0.39 is 0 Å². The number of aryl methyl sites for hydroxylation is 1. The molecule has 0 aliphatic rings. The molecule has 3 aromatic carbocycles. The highest BCUT2D eigenvalue weighted by atomic mass is 16.5. The van der Waals surface area contributed by atoms with E-state index in [4.69, 9.17) is 10.5 Å². The maximum atomic E-state index is 13.2. The van der Waals surface area contributed by atoms with E-state index in [0.29, 0.717) is 33.8 Å². The topological polar surface area (TPSA) is 81.4 Å². The van der Waals surface area contributed by atoms with Crippen molar-refractivity contribution in [1.82, 2.24) is 0 Å². The van der Waals surface area contributed by atoms with Gasteiger partial charge in [-0.3, -0.25) is 9.59 Å². The molecule has 0 spiro atoms. The standard InChI is InChI=1S/C26H28N2O3/c1-16-9-10-18(15-22(16)31-5)24(29)20-7-6-8-21(27)23(20)28-25(30)17-11-13-19(14-12-17)26(2,3)4/h6-15H,27H2,1-5H3,(H,28,30). The van der Waals surface area contributed by atoms with Crippen LogP contribution in [0, 0.1) is 6.92 Å². The lowest BCUT2D eigenvalue weighted by molar-refractivity contribution is 0.102. The van der Waals surface area contributed by atoms with Gasteiger partial charge in [0.2, 0.25) is 0 Å². The minimum atomic E-state index is -0.325. The summed E-state index contributed by atoms with van der Waals surface area (Å²) in [4.78, 5) is 26.1. The number of nitrogens with one attached hydrogen (secondary N) is 1. The molecule has 160 valence electrons. The second-order valence-corrected chi connectivity index (χ2v) is 8.56. The first-order valence-corrected chi connectivity index (χ1v) is 10.1. The minimum Gasteiger partial charge on any atom is -0.496 e. The molecule has 5 heteroatoms. The van der Waals surface area contributed by atoms with Crippen molar-refractivity contribution in [2.24, 2.45) is 0 Å². The number of carbonyl (C=O) groups excluding carboxylic acids is 2. The zero-order chi connectivity index (χ0) is 22.8. The second-order valence-electron chi connectivity index (χ2n) is 8.56. The maximum Gasteiger partial charge on any atom is 0.255 e. The van der Waals surface area contributed by atoms with Gasteiger partial charge in [0.25, 0.3) is 5.91 Å². The van der Waals surface area contributed by atoms with Gasteiger partial charge in [-0.1, -0.05) is 51.1 Å². The molecule has 0 saturated heterocycles. The fourth-order valence-electron chi connectivity index (χ4n) is 3.32. The summed E-state index contributed by atoms with van der Waals surface area (Å²) in [6, 6.07) is 17.7. The van der Waals surface area contributed by atoms with Crippen LogP contribution in [-0.2, 0) is 5.41 Å². The van der Waals surface area contributed by atoms with Crippen LogP contribution in [0.4, 0.5) is 11.4 Å². The Kier molecular flexibility index (Phi) is 6.16. The SMILES string of the molecule is COc1cc(C(=O)c2cccc(N)c2NC(=O)c2ccc(C(C)(C)C)cc2)ccc1C. The molecule has 0 aromatic heterocycles. The molecule has 1 amide bonds. The fourth-order valence-corrected chi connectivity index (χ4v) is 3.32. The summed E-state index contributed by atoms with van der Waals surface area (Å²) < 4.78 is 5.33. The summed E-state index contributed by atoms with van der Waals surface area (Å²) in [5.74, 6) is 0.0529. The summed E-state index contributed by atoms with van der Waals surface area (Å²) in [5.41, 5.74) is 10.1. The lowest BCUT2D eigenvalue weighted by Crippen LogP contribution is -2.17. The van der Waals surface area contributed by atoms with Crippen LogP contribution in [0.3, 0.4) is 0 Å².